The number of nitrogens with one attached hydrogen (secondary N) is 1. The molecule has 0 fully saturated rings. The molecule has 1 atom stereocenters. The zero-order chi connectivity index (χ0) is 14.0. The van der Waals surface area contributed by atoms with Crippen LogP contribution >= 0.6 is 11.3 Å². The highest BCUT2D eigenvalue weighted by atomic mass is 32.2. The molecule has 0 amide bonds. The fourth-order valence-electron chi connectivity index (χ4n) is 1.48. The molecular weight excluding hydrogens is 284 g/mol. The summed E-state index contributed by atoms with van der Waals surface area (Å²) in [6.07, 6.45) is 0. The molecule has 19 heavy (non-hydrogen) atoms. The number of benzene rings is 1. The van der Waals surface area contributed by atoms with Crippen molar-refractivity contribution in [3.63, 3.8) is 0 Å². The summed E-state index contributed by atoms with van der Waals surface area (Å²) in [6, 6.07) is 6.30. The van der Waals surface area contributed by atoms with Crippen LogP contribution in [0.3, 0.4) is 0 Å². The summed E-state index contributed by atoms with van der Waals surface area (Å²) in [5.41, 5.74) is 6.51. The van der Waals surface area contributed by atoms with Crippen LogP contribution < -0.4 is 10.5 Å². The summed E-state index contributed by atoms with van der Waals surface area (Å²) in [5, 5.41) is 8.45. The molecule has 102 valence electrons. The van der Waals surface area contributed by atoms with Crippen LogP contribution in [0.1, 0.15) is 23.5 Å². The topological polar surface area (TPSA) is 98.0 Å². The summed E-state index contributed by atoms with van der Waals surface area (Å²) in [5.74, 6) is 0. The van der Waals surface area contributed by atoms with Gasteiger partial charge in [-0.25, -0.2) is 8.42 Å². The number of aromatic nitrogens is 2. The van der Waals surface area contributed by atoms with Gasteiger partial charge in [-0.05, 0) is 31.5 Å². The Morgan fingerprint density at radius 1 is 1.37 bits per heavy atom. The lowest BCUT2D eigenvalue weighted by atomic mass is 10.1. The third-order valence-corrected chi connectivity index (χ3v) is 4.66. The van der Waals surface area contributed by atoms with Crippen molar-refractivity contribution in [2.24, 2.45) is 5.73 Å². The number of nitrogens with zero attached hydrogens (tertiary/aromatic N) is 2. The van der Waals surface area contributed by atoms with E-state index in [-0.39, 0.29) is 16.1 Å². The van der Waals surface area contributed by atoms with Gasteiger partial charge in [0.1, 0.15) is 5.01 Å². The number of aryl methyl sites for hydroxylation is 1. The summed E-state index contributed by atoms with van der Waals surface area (Å²) >= 11 is 1.18. The number of sulfonamides is 1. The predicted octanol–water partition coefficient (Wildman–Crippen LogP) is 1.67. The molecule has 0 aliphatic carbocycles. The molecule has 0 spiro atoms. The maximum Gasteiger partial charge on any atom is 0.263 e. The maximum absolute atomic E-state index is 12.2. The van der Waals surface area contributed by atoms with Gasteiger partial charge in [-0.3, -0.25) is 4.72 Å². The number of hydrogen-bond acceptors (Lipinski definition) is 6. The van der Waals surface area contributed by atoms with Crippen molar-refractivity contribution in [1.82, 2.24) is 10.2 Å². The van der Waals surface area contributed by atoms with Crippen molar-refractivity contribution in [3.8, 4) is 0 Å². The molecule has 0 aliphatic rings. The Balaban J connectivity index is 2.31. The first-order valence-electron chi connectivity index (χ1n) is 5.57. The molecule has 3 N–H and O–H groups in total. The van der Waals surface area contributed by atoms with Gasteiger partial charge in [0.25, 0.3) is 10.0 Å². The first-order valence-corrected chi connectivity index (χ1v) is 7.87. The Morgan fingerprint density at radius 2 is 2.11 bits per heavy atom. The summed E-state index contributed by atoms with van der Waals surface area (Å²) in [6.45, 7) is 3.56. The van der Waals surface area contributed by atoms with Crippen LogP contribution in [0.4, 0.5) is 5.13 Å². The van der Waals surface area contributed by atoms with E-state index in [0.717, 1.165) is 5.56 Å². The zero-order valence-corrected chi connectivity index (χ0v) is 12.1. The van der Waals surface area contributed by atoms with Gasteiger partial charge in [0.15, 0.2) is 0 Å². The molecule has 6 nitrogen and oxygen atoms in total. The van der Waals surface area contributed by atoms with Crippen molar-refractivity contribution in [2.45, 2.75) is 24.8 Å². The third kappa shape index (κ3) is 3.28. The lowest BCUT2D eigenvalue weighted by molar-refractivity contribution is 0.601. The average molecular weight is 298 g/mol. The molecule has 0 saturated heterocycles. The highest BCUT2D eigenvalue weighted by Crippen LogP contribution is 2.21. The Morgan fingerprint density at radius 3 is 2.68 bits per heavy atom. The van der Waals surface area contributed by atoms with Crippen molar-refractivity contribution < 1.29 is 8.42 Å². The second-order valence-corrected chi connectivity index (χ2v) is 6.96. The van der Waals surface area contributed by atoms with Crippen molar-refractivity contribution in [3.05, 3.63) is 34.8 Å². The average Bonchev–Trinajstić information content (AvgIpc) is 2.74. The number of anilines is 1. The van der Waals surface area contributed by atoms with E-state index in [2.05, 4.69) is 14.9 Å². The van der Waals surface area contributed by atoms with Gasteiger partial charge in [0.05, 0.1) is 4.90 Å². The molecule has 1 aromatic carbocycles. The second kappa shape index (κ2) is 5.24. The van der Waals surface area contributed by atoms with Crippen molar-refractivity contribution in [1.29, 1.82) is 0 Å². The van der Waals surface area contributed by atoms with Gasteiger partial charge in [-0.15, -0.1) is 10.2 Å². The van der Waals surface area contributed by atoms with Crippen molar-refractivity contribution in [2.75, 3.05) is 4.72 Å². The largest absolute Gasteiger partial charge is 0.324 e. The van der Waals surface area contributed by atoms with Crippen molar-refractivity contribution >= 4 is 26.5 Å². The van der Waals surface area contributed by atoms with Crippen LogP contribution in [-0.4, -0.2) is 18.6 Å². The van der Waals surface area contributed by atoms with E-state index < -0.39 is 10.0 Å². The summed E-state index contributed by atoms with van der Waals surface area (Å²) in [4.78, 5) is 0.162. The second-order valence-electron chi connectivity index (χ2n) is 4.09. The normalized spacial score (nSPS) is 13.2. The van der Waals surface area contributed by atoms with Crippen LogP contribution in [0.2, 0.25) is 0 Å². The van der Waals surface area contributed by atoms with E-state index in [4.69, 9.17) is 5.73 Å². The van der Waals surface area contributed by atoms with Crippen LogP contribution in [0.5, 0.6) is 0 Å². The van der Waals surface area contributed by atoms with Crippen LogP contribution in [0.15, 0.2) is 29.2 Å². The molecule has 2 rings (SSSR count). The molecule has 1 aromatic heterocycles. The first-order chi connectivity index (χ1) is 8.88. The summed E-state index contributed by atoms with van der Waals surface area (Å²) < 4.78 is 26.7. The highest BCUT2D eigenvalue weighted by Gasteiger charge is 2.17. The number of nitrogens with two attached hydrogens (primary N) is 1. The number of hydrogen-bond donors (Lipinski definition) is 2. The zero-order valence-electron chi connectivity index (χ0n) is 10.5. The molecule has 0 aliphatic heterocycles. The van der Waals surface area contributed by atoms with Gasteiger partial charge in [-0.2, -0.15) is 0 Å². The molecule has 1 unspecified atom stereocenters. The van der Waals surface area contributed by atoms with E-state index >= 15 is 0 Å². The molecule has 8 heteroatoms. The van der Waals surface area contributed by atoms with Gasteiger partial charge in [-0.1, -0.05) is 23.5 Å². The van der Waals surface area contributed by atoms with Crippen LogP contribution in [-0.2, 0) is 10.0 Å². The molecule has 1 heterocycles. The minimum atomic E-state index is -3.65. The van der Waals surface area contributed by atoms with E-state index in [9.17, 15) is 8.42 Å². The Labute approximate surface area is 115 Å². The predicted molar refractivity (Wildman–Crippen MR) is 74.5 cm³/mol. The van der Waals surface area contributed by atoms with E-state index in [1.54, 1.807) is 32.0 Å². The Bertz CT molecular complexity index is 680. The third-order valence-electron chi connectivity index (χ3n) is 2.44. The Hall–Kier alpha value is -1.51. The molecule has 2 aromatic rings. The fourth-order valence-corrected chi connectivity index (χ4v) is 3.35. The lowest BCUT2D eigenvalue weighted by Gasteiger charge is -2.09. The highest BCUT2D eigenvalue weighted by molar-refractivity contribution is 7.93. The quantitative estimate of drug-likeness (QED) is 0.894. The molecule has 0 bridgehead atoms. The van der Waals surface area contributed by atoms with Crippen LogP contribution in [0.25, 0.3) is 0 Å². The first kappa shape index (κ1) is 13.9. The van der Waals surface area contributed by atoms with E-state index in [1.165, 1.54) is 17.4 Å². The number of rotatable bonds is 4. The Kier molecular flexibility index (Phi) is 3.83. The standard InChI is InChI=1S/C11H14N4O2S2/c1-7(12)9-4-3-5-10(6-9)19(16,17)15-11-14-13-8(2)18-11/h3-7H,12H2,1-2H3,(H,14,15). The smallest absolute Gasteiger partial charge is 0.263 e. The molecule has 0 radical (unpaired) electrons. The maximum atomic E-state index is 12.2. The van der Waals surface area contributed by atoms with Gasteiger partial charge >= 0.3 is 0 Å². The SMILES string of the molecule is Cc1nnc(NS(=O)(=O)c2cccc(C(C)N)c2)s1. The fraction of sp³-hybridized carbons (Fsp3) is 0.273. The van der Waals surface area contributed by atoms with Gasteiger partial charge in [0, 0.05) is 6.04 Å². The van der Waals surface area contributed by atoms with Gasteiger partial charge < -0.3 is 5.73 Å². The summed E-state index contributed by atoms with van der Waals surface area (Å²) in [7, 11) is -3.65. The minimum Gasteiger partial charge on any atom is -0.324 e. The molecular formula is C11H14N4O2S2. The minimum absolute atomic E-state index is 0.162. The van der Waals surface area contributed by atoms with E-state index in [1.807, 2.05) is 0 Å². The van der Waals surface area contributed by atoms with Gasteiger partial charge in [0.2, 0.25) is 5.13 Å². The lowest BCUT2D eigenvalue weighted by Crippen LogP contribution is -2.14. The van der Waals surface area contributed by atoms with E-state index in [0.29, 0.717) is 5.01 Å². The van der Waals surface area contributed by atoms with Crippen LogP contribution in [0, 0.1) is 6.92 Å². The molecule has 0 saturated carbocycles. The monoisotopic (exact) mass is 298 g/mol.